The fourth-order valence-corrected chi connectivity index (χ4v) is 3.36. The number of halogens is 1. The Balaban J connectivity index is 1.82. The van der Waals surface area contributed by atoms with E-state index < -0.39 is 23.3 Å². The molecule has 0 saturated carbocycles. The lowest BCUT2D eigenvalue weighted by molar-refractivity contribution is -0.124. The molecule has 4 rings (SSSR count). The number of nitrogens with zero attached hydrogens (tertiary/aromatic N) is 1. The van der Waals surface area contributed by atoms with E-state index in [1.807, 2.05) is 0 Å². The number of aromatic hydroxyl groups is 1. The first kappa shape index (κ1) is 16.9. The lowest BCUT2D eigenvalue weighted by Crippen LogP contribution is -2.47. The van der Waals surface area contributed by atoms with E-state index in [2.05, 4.69) is 10.6 Å². The van der Waals surface area contributed by atoms with E-state index >= 15 is 0 Å². The highest BCUT2D eigenvalue weighted by Crippen LogP contribution is 2.34. The lowest BCUT2D eigenvalue weighted by Gasteiger charge is -2.27. The SMILES string of the molecule is COc1ccc2cn(C[C@@]3(c4ccc(F)cc4)NC(=O)NC3=O)c(O)c2c1. The van der Waals surface area contributed by atoms with Gasteiger partial charge in [-0.1, -0.05) is 12.1 Å². The van der Waals surface area contributed by atoms with Gasteiger partial charge in [0.25, 0.3) is 5.91 Å². The van der Waals surface area contributed by atoms with Crippen LogP contribution < -0.4 is 15.4 Å². The first-order valence-electron chi connectivity index (χ1n) is 8.18. The van der Waals surface area contributed by atoms with Crippen LogP contribution in [0.1, 0.15) is 5.56 Å². The van der Waals surface area contributed by atoms with Crippen LogP contribution in [0.5, 0.6) is 11.6 Å². The number of carbonyl (C=O) groups is 2. The number of hydrogen-bond acceptors (Lipinski definition) is 4. The van der Waals surface area contributed by atoms with Gasteiger partial charge < -0.3 is 19.7 Å². The van der Waals surface area contributed by atoms with E-state index in [0.29, 0.717) is 16.7 Å². The highest BCUT2D eigenvalue weighted by molar-refractivity contribution is 6.07. The number of amides is 3. The molecule has 0 bridgehead atoms. The number of aromatic nitrogens is 1. The molecule has 27 heavy (non-hydrogen) atoms. The van der Waals surface area contributed by atoms with Crippen LogP contribution in [0.3, 0.4) is 0 Å². The molecule has 3 amide bonds. The van der Waals surface area contributed by atoms with E-state index in [-0.39, 0.29) is 12.4 Å². The molecule has 0 spiro atoms. The van der Waals surface area contributed by atoms with E-state index in [1.54, 1.807) is 24.4 Å². The zero-order chi connectivity index (χ0) is 19.2. The number of imide groups is 1. The first-order chi connectivity index (χ1) is 12.9. The number of methoxy groups -OCH3 is 1. The van der Waals surface area contributed by atoms with Crippen LogP contribution >= 0.6 is 0 Å². The number of nitrogens with one attached hydrogen (secondary N) is 2. The van der Waals surface area contributed by atoms with Crippen molar-refractivity contribution in [2.24, 2.45) is 0 Å². The van der Waals surface area contributed by atoms with Gasteiger partial charge in [-0.05, 0) is 35.9 Å². The van der Waals surface area contributed by atoms with Gasteiger partial charge in [0.2, 0.25) is 0 Å². The maximum absolute atomic E-state index is 13.3. The number of urea groups is 1. The third-order valence-corrected chi connectivity index (χ3v) is 4.75. The van der Waals surface area contributed by atoms with Crippen molar-refractivity contribution in [2.75, 3.05) is 7.11 Å². The van der Waals surface area contributed by atoms with E-state index in [1.165, 1.54) is 35.9 Å². The monoisotopic (exact) mass is 369 g/mol. The maximum atomic E-state index is 13.3. The summed E-state index contributed by atoms with van der Waals surface area (Å²) in [6.45, 7) is -0.0704. The molecule has 1 fully saturated rings. The Labute approximate surface area is 153 Å². The van der Waals surface area contributed by atoms with Crippen LogP contribution in [0.25, 0.3) is 10.8 Å². The molecule has 8 heteroatoms. The number of hydrogen-bond donors (Lipinski definition) is 3. The predicted octanol–water partition coefficient (Wildman–Crippen LogP) is 2.23. The number of fused-ring (bicyclic) bond motifs is 1. The molecule has 3 N–H and O–H groups in total. The second-order valence-corrected chi connectivity index (χ2v) is 6.35. The van der Waals surface area contributed by atoms with Crippen molar-refractivity contribution in [3.63, 3.8) is 0 Å². The molecule has 1 aliphatic heterocycles. The van der Waals surface area contributed by atoms with Gasteiger partial charge >= 0.3 is 6.03 Å². The second kappa shape index (κ2) is 6.01. The minimum atomic E-state index is -1.47. The van der Waals surface area contributed by atoms with Gasteiger partial charge in [-0.3, -0.25) is 10.1 Å². The fourth-order valence-electron chi connectivity index (χ4n) is 3.36. The molecule has 3 aromatic rings. The van der Waals surface area contributed by atoms with Crippen molar-refractivity contribution in [1.82, 2.24) is 15.2 Å². The van der Waals surface area contributed by atoms with E-state index in [9.17, 15) is 19.1 Å². The minimum absolute atomic E-state index is 0.0701. The summed E-state index contributed by atoms with van der Waals surface area (Å²) in [5, 5.41) is 16.8. The van der Waals surface area contributed by atoms with Crippen LogP contribution in [-0.2, 0) is 16.9 Å². The normalized spacial score (nSPS) is 19.2. The van der Waals surface area contributed by atoms with Gasteiger partial charge in [0, 0.05) is 17.0 Å². The van der Waals surface area contributed by atoms with Crippen molar-refractivity contribution in [3.05, 3.63) is 60.0 Å². The van der Waals surface area contributed by atoms with Gasteiger partial charge in [0.05, 0.1) is 13.7 Å². The topological polar surface area (TPSA) is 92.6 Å². The average Bonchev–Trinajstić information content (AvgIpc) is 3.12. The van der Waals surface area contributed by atoms with Crippen LogP contribution in [0, 0.1) is 5.82 Å². The molecular formula is C19H16FN3O4. The highest BCUT2D eigenvalue weighted by Gasteiger charge is 2.48. The first-order valence-corrected chi connectivity index (χ1v) is 8.18. The summed E-state index contributed by atoms with van der Waals surface area (Å²) in [5.74, 6) is -0.524. The zero-order valence-corrected chi connectivity index (χ0v) is 14.3. The number of rotatable bonds is 4. The number of ether oxygens (including phenoxy) is 1. The van der Waals surface area contributed by atoms with E-state index in [4.69, 9.17) is 4.74 Å². The molecule has 1 saturated heterocycles. The molecule has 0 aliphatic carbocycles. The fraction of sp³-hybridized carbons (Fsp3) is 0.158. The summed E-state index contributed by atoms with van der Waals surface area (Å²) in [4.78, 5) is 24.5. The molecule has 1 aliphatic rings. The quantitative estimate of drug-likeness (QED) is 0.615. The molecule has 1 aromatic heterocycles. The molecule has 1 atom stereocenters. The smallest absolute Gasteiger partial charge is 0.322 e. The standard InChI is InChI=1S/C19H16FN3O4/c1-27-14-7-2-11-9-23(16(24)15(11)8-14)10-19(17(25)21-18(26)22-19)12-3-5-13(20)6-4-12/h2-9,24H,10H2,1H3,(H2,21,22,25,26)/t19-/m0/s1. The van der Waals surface area contributed by atoms with Gasteiger partial charge in [-0.15, -0.1) is 0 Å². The Kier molecular flexibility index (Phi) is 3.76. The van der Waals surface area contributed by atoms with Gasteiger partial charge in [-0.25, -0.2) is 9.18 Å². The van der Waals surface area contributed by atoms with E-state index in [0.717, 1.165) is 5.39 Å². The maximum Gasteiger partial charge on any atom is 0.322 e. The third kappa shape index (κ3) is 2.66. The minimum Gasteiger partial charge on any atom is -0.497 e. The second-order valence-electron chi connectivity index (χ2n) is 6.35. The molecule has 2 heterocycles. The summed E-state index contributed by atoms with van der Waals surface area (Å²) in [6.07, 6.45) is 1.67. The van der Waals surface area contributed by atoms with Crippen LogP contribution in [0.2, 0.25) is 0 Å². The van der Waals surface area contributed by atoms with Crippen molar-refractivity contribution in [2.45, 2.75) is 12.1 Å². The summed E-state index contributed by atoms with van der Waals surface area (Å²) in [6, 6.07) is 9.86. The lowest BCUT2D eigenvalue weighted by atomic mass is 9.89. The summed E-state index contributed by atoms with van der Waals surface area (Å²) in [5.41, 5.74) is -1.07. The largest absolute Gasteiger partial charge is 0.497 e. The van der Waals surface area contributed by atoms with Gasteiger partial charge in [0.1, 0.15) is 11.6 Å². The Morgan fingerprint density at radius 2 is 1.93 bits per heavy atom. The molecular weight excluding hydrogens is 353 g/mol. The summed E-state index contributed by atoms with van der Waals surface area (Å²) < 4.78 is 20.0. The Morgan fingerprint density at radius 3 is 2.56 bits per heavy atom. The van der Waals surface area contributed by atoms with Crippen LogP contribution in [-0.4, -0.2) is 28.7 Å². The Bertz CT molecular complexity index is 1060. The molecule has 0 unspecified atom stereocenters. The van der Waals surface area contributed by atoms with Gasteiger partial charge in [0.15, 0.2) is 11.4 Å². The van der Waals surface area contributed by atoms with Crippen molar-refractivity contribution in [3.8, 4) is 11.6 Å². The molecule has 138 valence electrons. The molecule has 0 radical (unpaired) electrons. The summed E-state index contributed by atoms with van der Waals surface area (Å²) >= 11 is 0. The molecule has 7 nitrogen and oxygen atoms in total. The van der Waals surface area contributed by atoms with Crippen LogP contribution in [0.15, 0.2) is 48.7 Å². The van der Waals surface area contributed by atoms with Crippen molar-refractivity contribution in [1.29, 1.82) is 0 Å². The van der Waals surface area contributed by atoms with Crippen molar-refractivity contribution >= 4 is 22.7 Å². The van der Waals surface area contributed by atoms with Gasteiger partial charge in [-0.2, -0.15) is 0 Å². The summed E-state index contributed by atoms with van der Waals surface area (Å²) in [7, 11) is 1.52. The third-order valence-electron chi connectivity index (χ3n) is 4.75. The number of carbonyl (C=O) groups excluding carboxylic acids is 2. The predicted molar refractivity (Wildman–Crippen MR) is 94.9 cm³/mol. The zero-order valence-electron chi connectivity index (χ0n) is 14.3. The van der Waals surface area contributed by atoms with Crippen LogP contribution in [0.4, 0.5) is 9.18 Å². The number of benzene rings is 2. The highest BCUT2D eigenvalue weighted by atomic mass is 19.1. The molecule has 2 aromatic carbocycles. The average molecular weight is 369 g/mol. The Hall–Kier alpha value is -3.55. The van der Waals surface area contributed by atoms with Crippen molar-refractivity contribution < 1.29 is 23.8 Å². The Morgan fingerprint density at radius 1 is 1.19 bits per heavy atom.